The van der Waals surface area contributed by atoms with E-state index in [0.29, 0.717) is 31.0 Å². The molecule has 3 rings (SSSR count). The van der Waals surface area contributed by atoms with Crippen LogP contribution in [-0.4, -0.2) is 38.0 Å². The Kier molecular flexibility index (Phi) is 6.79. The van der Waals surface area contributed by atoms with Crippen LogP contribution in [-0.2, 0) is 10.9 Å². The van der Waals surface area contributed by atoms with Crippen LogP contribution in [0.3, 0.4) is 0 Å². The van der Waals surface area contributed by atoms with Gasteiger partial charge in [0.15, 0.2) is 5.90 Å². The first-order chi connectivity index (χ1) is 14.6. The Balaban J connectivity index is 1.85. The van der Waals surface area contributed by atoms with Gasteiger partial charge in [0.2, 0.25) is 0 Å². The highest BCUT2D eigenvalue weighted by Gasteiger charge is 2.34. The van der Waals surface area contributed by atoms with Crippen molar-refractivity contribution in [1.29, 1.82) is 0 Å². The van der Waals surface area contributed by atoms with Crippen molar-refractivity contribution in [3.8, 4) is 0 Å². The molecule has 0 aliphatic carbocycles. The zero-order chi connectivity index (χ0) is 22.8. The lowest BCUT2D eigenvalue weighted by Gasteiger charge is -2.36. The molecule has 1 saturated heterocycles. The molecule has 0 saturated carbocycles. The number of ether oxygens (including phenoxy) is 1. The second-order valence-corrected chi connectivity index (χ2v) is 7.70. The topological polar surface area (TPSA) is 24.8 Å². The summed E-state index contributed by atoms with van der Waals surface area (Å²) < 4.78 is 72.0. The fourth-order valence-corrected chi connectivity index (χ4v) is 3.93. The van der Waals surface area contributed by atoms with E-state index >= 15 is 0 Å². The van der Waals surface area contributed by atoms with Gasteiger partial charge in [-0.3, -0.25) is 0 Å². The SMILES string of the molecule is C=C(N=C(OC)C1CC(c2cccc(C(F)(F)F)c2)CN(C)C1)c1ccc(F)cc1F. The lowest BCUT2D eigenvalue weighted by molar-refractivity contribution is -0.137. The maximum atomic E-state index is 14.1. The van der Waals surface area contributed by atoms with Crippen molar-refractivity contribution in [3.63, 3.8) is 0 Å². The van der Waals surface area contributed by atoms with Crippen molar-refractivity contribution in [3.05, 3.63) is 77.4 Å². The van der Waals surface area contributed by atoms with Crippen molar-refractivity contribution in [2.75, 3.05) is 27.2 Å². The molecule has 2 aromatic rings. The summed E-state index contributed by atoms with van der Waals surface area (Å²) in [7, 11) is 3.30. The maximum Gasteiger partial charge on any atom is 0.416 e. The van der Waals surface area contributed by atoms with E-state index in [2.05, 4.69) is 11.6 Å². The predicted octanol–water partition coefficient (Wildman–Crippen LogP) is 5.73. The van der Waals surface area contributed by atoms with Crippen molar-refractivity contribution < 1.29 is 26.7 Å². The Labute approximate surface area is 177 Å². The second kappa shape index (κ2) is 9.18. The molecule has 0 spiro atoms. The molecule has 1 aliphatic heterocycles. The average Bonchev–Trinajstić information content (AvgIpc) is 2.70. The van der Waals surface area contributed by atoms with Crippen molar-refractivity contribution in [2.45, 2.75) is 18.5 Å². The van der Waals surface area contributed by atoms with Crippen LogP contribution < -0.4 is 0 Å². The largest absolute Gasteiger partial charge is 0.484 e. The Morgan fingerprint density at radius 3 is 2.52 bits per heavy atom. The quantitative estimate of drug-likeness (QED) is 0.346. The molecule has 166 valence electrons. The Hall–Kier alpha value is -2.74. The lowest BCUT2D eigenvalue weighted by Crippen LogP contribution is -2.40. The van der Waals surface area contributed by atoms with Crippen molar-refractivity contribution in [1.82, 2.24) is 4.90 Å². The molecule has 8 heteroatoms. The van der Waals surface area contributed by atoms with E-state index < -0.39 is 23.4 Å². The van der Waals surface area contributed by atoms with E-state index in [0.717, 1.165) is 18.2 Å². The number of aliphatic imine (C=N–C) groups is 1. The highest BCUT2D eigenvalue weighted by molar-refractivity contribution is 5.85. The zero-order valence-electron chi connectivity index (χ0n) is 17.2. The number of methoxy groups -OCH3 is 1. The van der Waals surface area contributed by atoms with Crippen LogP contribution in [0.4, 0.5) is 22.0 Å². The highest BCUT2D eigenvalue weighted by Crippen LogP contribution is 2.35. The van der Waals surface area contributed by atoms with Gasteiger partial charge in [-0.1, -0.05) is 24.8 Å². The zero-order valence-corrected chi connectivity index (χ0v) is 17.2. The first-order valence-electron chi connectivity index (χ1n) is 9.71. The molecule has 0 aromatic heterocycles. The molecule has 3 nitrogen and oxygen atoms in total. The van der Waals surface area contributed by atoms with Gasteiger partial charge in [-0.2, -0.15) is 13.2 Å². The number of piperidine rings is 1. The van der Waals surface area contributed by atoms with E-state index in [1.54, 1.807) is 6.07 Å². The van der Waals surface area contributed by atoms with E-state index in [9.17, 15) is 22.0 Å². The van der Waals surface area contributed by atoms with Crippen LogP contribution in [0.5, 0.6) is 0 Å². The molecule has 0 radical (unpaired) electrons. The minimum absolute atomic E-state index is 0.0505. The normalized spacial score (nSPS) is 20.5. The van der Waals surface area contributed by atoms with Crippen molar-refractivity contribution >= 4 is 11.6 Å². The van der Waals surface area contributed by atoms with Crippen LogP contribution in [0.1, 0.15) is 29.0 Å². The van der Waals surface area contributed by atoms with Crippen LogP contribution in [0.15, 0.2) is 54.0 Å². The summed E-state index contributed by atoms with van der Waals surface area (Å²) in [5.41, 5.74) is 0.0357. The average molecular weight is 438 g/mol. The number of hydrogen-bond acceptors (Lipinski definition) is 3. The Bertz CT molecular complexity index is 986. The smallest absolute Gasteiger partial charge is 0.416 e. The van der Waals surface area contributed by atoms with E-state index in [-0.39, 0.29) is 23.1 Å². The summed E-state index contributed by atoms with van der Waals surface area (Å²) >= 11 is 0. The molecule has 31 heavy (non-hydrogen) atoms. The van der Waals surface area contributed by atoms with Gasteiger partial charge in [0, 0.05) is 30.6 Å². The van der Waals surface area contributed by atoms with E-state index in [1.165, 1.54) is 25.3 Å². The highest BCUT2D eigenvalue weighted by atomic mass is 19.4. The van der Waals surface area contributed by atoms with Gasteiger partial charge in [0.05, 0.1) is 18.4 Å². The summed E-state index contributed by atoms with van der Waals surface area (Å²) in [5.74, 6) is -1.59. The number of rotatable bonds is 4. The number of alkyl halides is 3. The third kappa shape index (κ3) is 5.50. The first kappa shape index (κ1) is 22.9. The summed E-state index contributed by atoms with van der Waals surface area (Å²) in [4.78, 5) is 6.32. The first-order valence-corrected chi connectivity index (χ1v) is 9.71. The molecule has 1 aliphatic rings. The van der Waals surface area contributed by atoms with Gasteiger partial charge >= 0.3 is 6.18 Å². The monoisotopic (exact) mass is 438 g/mol. The molecule has 2 aromatic carbocycles. The predicted molar refractivity (Wildman–Crippen MR) is 110 cm³/mol. The molecule has 0 amide bonds. The molecule has 1 fully saturated rings. The maximum absolute atomic E-state index is 14.1. The number of nitrogens with zero attached hydrogens (tertiary/aromatic N) is 2. The van der Waals surface area contributed by atoms with Gasteiger partial charge in [-0.15, -0.1) is 0 Å². The second-order valence-electron chi connectivity index (χ2n) is 7.70. The van der Waals surface area contributed by atoms with Gasteiger partial charge in [-0.05, 0) is 43.1 Å². The number of benzene rings is 2. The third-order valence-corrected chi connectivity index (χ3v) is 5.36. The van der Waals surface area contributed by atoms with Gasteiger partial charge in [-0.25, -0.2) is 13.8 Å². The summed E-state index contributed by atoms with van der Waals surface area (Å²) in [5, 5.41) is 0. The summed E-state index contributed by atoms with van der Waals surface area (Å²) in [6.07, 6.45) is -3.90. The molecule has 2 atom stereocenters. The number of halogens is 5. The molecule has 1 heterocycles. The van der Waals surface area contributed by atoms with Crippen LogP contribution in [0.2, 0.25) is 0 Å². The fourth-order valence-electron chi connectivity index (χ4n) is 3.93. The minimum atomic E-state index is -4.41. The van der Waals surface area contributed by atoms with Crippen LogP contribution in [0.25, 0.3) is 5.70 Å². The standard InChI is InChI=1S/C23H23F5N2O/c1-14(20-8-7-19(24)11-21(20)25)29-22(31-3)17-9-16(12-30(2)13-17)15-5-4-6-18(10-15)23(26,27)28/h4-8,10-11,16-17H,1,9,12-13H2,2-3H3. The Morgan fingerprint density at radius 1 is 1.13 bits per heavy atom. The lowest BCUT2D eigenvalue weighted by atomic mass is 9.84. The molecule has 2 unspecified atom stereocenters. The van der Waals surface area contributed by atoms with Crippen LogP contribution >= 0.6 is 0 Å². The molecule has 0 N–H and O–H groups in total. The number of likely N-dealkylation sites (tertiary alicyclic amines) is 1. The molecular weight excluding hydrogens is 415 g/mol. The third-order valence-electron chi connectivity index (χ3n) is 5.36. The van der Waals surface area contributed by atoms with Gasteiger partial charge in [0.1, 0.15) is 11.6 Å². The van der Waals surface area contributed by atoms with Crippen molar-refractivity contribution in [2.24, 2.45) is 10.9 Å². The van der Waals surface area contributed by atoms with Crippen LogP contribution in [0, 0.1) is 17.6 Å². The molecular formula is C23H23F5N2O. The van der Waals surface area contributed by atoms with Gasteiger partial charge < -0.3 is 9.64 Å². The minimum Gasteiger partial charge on any atom is -0.484 e. The van der Waals surface area contributed by atoms with E-state index in [1.807, 2.05) is 11.9 Å². The van der Waals surface area contributed by atoms with E-state index in [4.69, 9.17) is 4.74 Å². The summed E-state index contributed by atoms with van der Waals surface area (Å²) in [6.45, 7) is 4.92. The molecule has 0 bridgehead atoms. The fraction of sp³-hybridized carbons (Fsp3) is 0.348. The number of likely N-dealkylation sites (N-methyl/N-ethyl adjacent to an activating group) is 1. The summed E-state index contributed by atoms with van der Waals surface area (Å²) in [6, 6.07) is 8.44. The Morgan fingerprint density at radius 2 is 1.87 bits per heavy atom. The van der Waals surface area contributed by atoms with Gasteiger partial charge in [0.25, 0.3) is 0 Å². The number of hydrogen-bond donors (Lipinski definition) is 0.